The van der Waals surface area contributed by atoms with Crippen molar-refractivity contribution in [3.05, 3.63) is 213 Å². The van der Waals surface area contributed by atoms with Crippen LogP contribution >= 0.6 is 11.6 Å². The molecule has 7 heteroatoms. The van der Waals surface area contributed by atoms with Crippen LogP contribution in [0.3, 0.4) is 0 Å². The first kappa shape index (κ1) is 39.2. The summed E-state index contributed by atoms with van der Waals surface area (Å²) in [4.78, 5) is 0. The highest BCUT2D eigenvalue weighted by atomic mass is 35.5. The summed E-state index contributed by atoms with van der Waals surface area (Å²) in [6, 6.07) is 53.6. The van der Waals surface area contributed by atoms with E-state index in [1.807, 2.05) is 78.9 Å². The van der Waals surface area contributed by atoms with Gasteiger partial charge in [0.25, 0.3) is 0 Å². The Kier molecular flexibility index (Phi) is 12.9. The average molecular weight is 781 g/mol. The zero-order valence-electron chi connectivity index (χ0n) is 32.3. The minimum absolute atomic E-state index is 0.232. The Morgan fingerprint density at radius 2 is 1.09 bits per heavy atom. The number of aryl methyl sites for hydroxylation is 1. The van der Waals surface area contributed by atoms with Crippen molar-refractivity contribution in [2.75, 3.05) is 6.61 Å². The first-order valence-corrected chi connectivity index (χ1v) is 20.3. The fourth-order valence-electron chi connectivity index (χ4n) is 7.78. The molecular weight excluding hydrogens is 732 g/mol. The van der Waals surface area contributed by atoms with Crippen LogP contribution in [0.25, 0.3) is 0 Å². The zero-order valence-corrected chi connectivity index (χ0v) is 33.1. The highest BCUT2D eigenvalue weighted by Gasteiger charge is 2.61. The van der Waals surface area contributed by atoms with Gasteiger partial charge in [0, 0.05) is 10.6 Å². The Labute approximate surface area is 341 Å². The molecule has 0 unspecified atom stereocenters. The molecule has 2 aliphatic rings. The molecule has 0 radical (unpaired) electrons. The van der Waals surface area contributed by atoms with Crippen molar-refractivity contribution in [3.63, 3.8) is 0 Å². The van der Waals surface area contributed by atoms with Gasteiger partial charge in [0.2, 0.25) is 5.79 Å². The average Bonchev–Trinajstić information content (AvgIpc) is 3.60. The van der Waals surface area contributed by atoms with Gasteiger partial charge in [-0.1, -0.05) is 164 Å². The van der Waals surface area contributed by atoms with Gasteiger partial charge in [-0.05, 0) is 69.5 Å². The molecule has 5 atom stereocenters. The first-order chi connectivity index (χ1) is 28.1. The van der Waals surface area contributed by atoms with Gasteiger partial charge >= 0.3 is 0 Å². The standard InChI is InChI=1S/C50H49ClO6/c1-2-36-23-25-37(26-24-36)27-42-28-44-43(29-45(42)51)34-56-50(44)49(55-33-41-21-13-6-14-22-41)48(54-32-40-19-11-5-12-20-40)47(53-31-39-17-9-4-10-18-39)46(57-50)35-52-30-38-15-7-3-8-16-38/h3-26,28-29,46-49H,2,27,30-35H2,1H3/t46-,47-,48+,49-,50+/m1/s1. The molecule has 0 N–H and O–H groups in total. The maximum atomic E-state index is 7.34. The number of ether oxygens (including phenoxy) is 6. The third-order valence-electron chi connectivity index (χ3n) is 10.8. The Hall–Kier alpha value is -4.63. The lowest BCUT2D eigenvalue weighted by Gasteiger charge is -2.51. The van der Waals surface area contributed by atoms with E-state index >= 15 is 0 Å². The fraction of sp³-hybridized carbons (Fsp3) is 0.280. The molecule has 6 aromatic carbocycles. The summed E-state index contributed by atoms with van der Waals surface area (Å²) >= 11 is 7.05. The highest BCUT2D eigenvalue weighted by molar-refractivity contribution is 6.31. The van der Waals surface area contributed by atoms with Crippen LogP contribution < -0.4 is 0 Å². The summed E-state index contributed by atoms with van der Waals surface area (Å²) < 4.78 is 41.8. The van der Waals surface area contributed by atoms with Crippen molar-refractivity contribution in [3.8, 4) is 0 Å². The van der Waals surface area contributed by atoms with Crippen LogP contribution in [-0.2, 0) is 80.1 Å². The van der Waals surface area contributed by atoms with Gasteiger partial charge < -0.3 is 28.4 Å². The summed E-state index contributed by atoms with van der Waals surface area (Å²) in [7, 11) is 0. The number of hydrogen-bond acceptors (Lipinski definition) is 6. The topological polar surface area (TPSA) is 55.4 Å². The van der Waals surface area contributed by atoms with E-state index in [1.54, 1.807) is 0 Å². The number of benzene rings is 6. The van der Waals surface area contributed by atoms with Crippen LogP contribution in [0.1, 0.15) is 57.0 Å². The van der Waals surface area contributed by atoms with E-state index in [4.69, 9.17) is 40.0 Å². The number of hydrogen-bond donors (Lipinski definition) is 0. The Bertz CT molecular complexity index is 2150. The molecule has 0 amide bonds. The lowest BCUT2D eigenvalue weighted by atomic mass is 9.85. The number of fused-ring (bicyclic) bond motifs is 2. The third-order valence-corrected chi connectivity index (χ3v) is 11.2. The molecule has 0 aliphatic carbocycles. The number of rotatable bonds is 16. The Morgan fingerprint density at radius 3 is 1.65 bits per heavy atom. The minimum atomic E-state index is -1.36. The van der Waals surface area contributed by atoms with Crippen molar-refractivity contribution < 1.29 is 28.4 Å². The molecule has 8 rings (SSSR count). The second-order valence-corrected chi connectivity index (χ2v) is 15.2. The molecule has 0 saturated carbocycles. The van der Waals surface area contributed by atoms with Gasteiger partial charge in [0.1, 0.15) is 24.4 Å². The molecule has 0 bridgehead atoms. The molecule has 292 valence electrons. The quantitative estimate of drug-likeness (QED) is 0.0975. The molecule has 2 aliphatic heterocycles. The Morgan fingerprint density at radius 1 is 0.579 bits per heavy atom. The first-order valence-electron chi connectivity index (χ1n) is 19.9. The molecule has 1 fully saturated rings. The largest absolute Gasteiger partial charge is 0.374 e. The molecule has 1 spiro atoms. The predicted octanol–water partition coefficient (Wildman–Crippen LogP) is 10.5. The van der Waals surface area contributed by atoms with Gasteiger partial charge in [-0.3, -0.25) is 0 Å². The van der Waals surface area contributed by atoms with Crippen molar-refractivity contribution in [2.24, 2.45) is 0 Å². The van der Waals surface area contributed by atoms with E-state index < -0.39 is 30.2 Å². The lowest BCUT2D eigenvalue weighted by Crippen LogP contribution is -2.65. The van der Waals surface area contributed by atoms with E-state index in [9.17, 15) is 0 Å². The summed E-state index contributed by atoms with van der Waals surface area (Å²) in [5.41, 5.74) is 9.46. The molecule has 57 heavy (non-hydrogen) atoms. The van der Waals surface area contributed by atoms with Crippen LogP contribution in [0.2, 0.25) is 5.02 Å². The van der Waals surface area contributed by atoms with E-state index in [0.717, 1.165) is 45.4 Å². The van der Waals surface area contributed by atoms with Crippen LogP contribution in [0.4, 0.5) is 0 Å². The maximum absolute atomic E-state index is 7.34. The lowest BCUT2D eigenvalue weighted by molar-refractivity contribution is -0.387. The van der Waals surface area contributed by atoms with Crippen molar-refractivity contribution in [1.82, 2.24) is 0 Å². The van der Waals surface area contributed by atoms with E-state index in [0.29, 0.717) is 44.5 Å². The molecule has 2 heterocycles. The summed E-state index contributed by atoms with van der Waals surface area (Å²) in [5, 5.41) is 0.690. The van der Waals surface area contributed by atoms with Crippen LogP contribution in [0.15, 0.2) is 158 Å². The normalized spacial score (nSPS) is 21.4. The smallest absolute Gasteiger partial charge is 0.226 e. The summed E-state index contributed by atoms with van der Waals surface area (Å²) in [5.74, 6) is -1.36. The fourth-order valence-corrected chi connectivity index (χ4v) is 8.04. The molecule has 6 aromatic rings. The minimum Gasteiger partial charge on any atom is -0.374 e. The van der Waals surface area contributed by atoms with Gasteiger partial charge in [0.15, 0.2) is 0 Å². The molecular formula is C50H49ClO6. The van der Waals surface area contributed by atoms with E-state index in [1.165, 1.54) is 11.1 Å². The molecule has 6 nitrogen and oxygen atoms in total. The highest BCUT2D eigenvalue weighted by Crippen LogP contribution is 2.50. The van der Waals surface area contributed by atoms with Crippen molar-refractivity contribution in [1.29, 1.82) is 0 Å². The van der Waals surface area contributed by atoms with Gasteiger partial charge in [-0.2, -0.15) is 0 Å². The van der Waals surface area contributed by atoms with Crippen molar-refractivity contribution >= 4 is 11.6 Å². The summed E-state index contributed by atoms with van der Waals surface area (Å²) in [6.45, 7) is 4.10. The van der Waals surface area contributed by atoms with Crippen LogP contribution in [-0.4, -0.2) is 31.0 Å². The molecule has 1 saturated heterocycles. The monoisotopic (exact) mass is 780 g/mol. The van der Waals surface area contributed by atoms with Gasteiger partial charge in [-0.25, -0.2) is 0 Å². The molecule has 0 aromatic heterocycles. The van der Waals surface area contributed by atoms with Gasteiger partial charge in [0.05, 0.1) is 39.6 Å². The second kappa shape index (κ2) is 18.8. The van der Waals surface area contributed by atoms with Gasteiger partial charge in [-0.15, -0.1) is 0 Å². The van der Waals surface area contributed by atoms with E-state index in [-0.39, 0.29) is 6.61 Å². The maximum Gasteiger partial charge on any atom is 0.226 e. The zero-order chi connectivity index (χ0) is 38.9. The SMILES string of the molecule is CCc1ccc(Cc2cc3c(cc2Cl)CO[C@]32O[C@H](COCc3ccccc3)[C@@H](OCc3ccccc3)[C@H](OCc3ccccc3)[C@H]2OCc2ccccc2)cc1. The second-order valence-electron chi connectivity index (χ2n) is 14.8. The van der Waals surface area contributed by atoms with E-state index in [2.05, 4.69) is 85.8 Å². The summed E-state index contributed by atoms with van der Waals surface area (Å²) in [6.07, 6.45) is -0.923. The van der Waals surface area contributed by atoms with Crippen LogP contribution in [0, 0.1) is 0 Å². The number of halogens is 1. The third kappa shape index (κ3) is 9.41. The van der Waals surface area contributed by atoms with Crippen molar-refractivity contribution in [2.45, 2.75) is 83.0 Å². The Balaban J connectivity index is 1.21. The predicted molar refractivity (Wildman–Crippen MR) is 223 cm³/mol. The van der Waals surface area contributed by atoms with Crippen LogP contribution in [0.5, 0.6) is 0 Å².